The number of nitrogen functional groups attached to an aromatic ring is 1. The third-order valence-corrected chi connectivity index (χ3v) is 11.7. The Morgan fingerprint density at radius 3 is 2.94 bits per heavy atom. The summed E-state index contributed by atoms with van der Waals surface area (Å²) in [6.07, 6.45) is 5.64. The number of nitrogens with zero attached hydrogens (tertiary/aromatic N) is 7. The third kappa shape index (κ3) is 5.12. The maximum Gasteiger partial charge on any atom is 0.319 e. The molecule has 0 saturated carbocycles. The van der Waals surface area contributed by atoms with Crippen LogP contribution in [0.15, 0.2) is 31.0 Å². The average molecular weight is 693 g/mol. The van der Waals surface area contributed by atoms with E-state index in [0.717, 1.165) is 37.1 Å². The molecule has 3 aliphatic heterocycles. The molecule has 48 heavy (non-hydrogen) atoms. The van der Waals surface area contributed by atoms with Crippen LogP contribution in [0, 0.1) is 17.1 Å². The van der Waals surface area contributed by atoms with Crippen molar-refractivity contribution in [1.29, 1.82) is 5.26 Å². The lowest BCUT2D eigenvalue weighted by atomic mass is 9.95. The van der Waals surface area contributed by atoms with Crippen molar-refractivity contribution in [1.82, 2.24) is 24.8 Å². The zero-order valence-corrected chi connectivity index (χ0v) is 28.3. The fourth-order valence-corrected chi connectivity index (χ4v) is 9.26. The zero-order chi connectivity index (χ0) is 33.9. The number of aromatic nitrogens is 3. The van der Waals surface area contributed by atoms with E-state index in [0.29, 0.717) is 59.3 Å². The number of likely N-dealkylation sites (N-methyl/N-ethyl adjacent to an activating group) is 1. The van der Waals surface area contributed by atoms with Crippen LogP contribution in [0.3, 0.4) is 0 Å². The van der Waals surface area contributed by atoms with Gasteiger partial charge in [0.15, 0.2) is 0 Å². The van der Waals surface area contributed by atoms with Gasteiger partial charge in [0.25, 0.3) is 0 Å². The van der Waals surface area contributed by atoms with Gasteiger partial charge in [-0.1, -0.05) is 25.1 Å². The SMILES string of the molecule is C=CC(=O)N1CC[C@@H](N(C)c2nc(OC[C@@]34CCCN3C[C@H](F)C4)nc3c(Cl)c(-c4ccc(F)c5sc(N)c(C#N)c45)ncc23)[C@@H]1CC. The number of hydrogen-bond acceptors (Lipinski definition) is 10. The molecule has 3 aromatic heterocycles. The summed E-state index contributed by atoms with van der Waals surface area (Å²) in [6.45, 7) is 7.72. The van der Waals surface area contributed by atoms with E-state index in [-0.39, 0.29) is 50.9 Å². The molecule has 10 nitrogen and oxygen atoms in total. The van der Waals surface area contributed by atoms with Crippen LogP contribution in [0.2, 0.25) is 5.02 Å². The monoisotopic (exact) mass is 692 g/mol. The standard InChI is InChI=1S/C34H35ClF2N8O2S/c1-4-23-24(9-12-45(23)25(46)5-2)43(3)32-21-15-40-28(19-7-8-22(37)30-26(19)20(14-38)31(39)48-30)27(35)29(21)41-33(42-32)47-17-34-10-6-11-44(34)16-18(36)13-34/h5,7-8,15,18,23-24H,2,4,6,9-13,16-17,39H2,1,3H3/t18-,23+,24-,34+/m1/s1. The molecule has 0 radical (unpaired) electrons. The van der Waals surface area contributed by atoms with Crippen LogP contribution in [0.4, 0.5) is 19.6 Å². The first kappa shape index (κ1) is 32.4. The summed E-state index contributed by atoms with van der Waals surface area (Å²) in [6, 6.07) is 4.84. The first-order valence-electron chi connectivity index (χ1n) is 16.1. The van der Waals surface area contributed by atoms with Gasteiger partial charge in [-0.25, -0.2) is 8.78 Å². The average Bonchev–Trinajstić information content (AvgIpc) is 3.84. The lowest BCUT2D eigenvalue weighted by Crippen LogP contribution is -2.45. The molecular formula is C34H35ClF2N8O2S. The minimum absolute atomic E-state index is 0.0822. The Kier molecular flexibility index (Phi) is 8.38. The smallest absolute Gasteiger partial charge is 0.319 e. The second-order valence-corrected chi connectivity index (χ2v) is 14.2. The van der Waals surface area contributed by atoms with Crippen molar-refractivity contribution in [3.63, 3.8) is 0 Å². The van der Waals surface area contributed by atoms with Crippen LogP contribution in [0.1, 0.15) is 44.6 Å². The van der Waals surface area contributed by atoms with E-state index in [2.05, 4.69) is 17.5 Å². The lowest BCUT2D eigenvalue weighted by molar-refractivity contribution is -0.126. The maximum atomic E-state index is 14.9. The fraction of sp³-hybridized carbons (Fsp3) is 0.441. The number of fused-ring (bicyclic) bond motifs is 3. The van der Waals surface area contributed by atoms with Gasteiger partial charge in [0.05, 0.1) is 44.0 Å². The van der Waals surface area contributed by atoms with Gasteiger partial charge >= 0.3 is 6.01 Å². The highest BCUT2D eigenvalue weighted by atomic mass is 35.5. The Bertz CT molecular complexity index is 2000. The van der Waals surface area contributed by atoms with E-state index in [1.54, 1.807) is 6.20 Å². The molecule has 0 unspecified atom stereocenters. The number of alkyl halides is 1. The summed E-state index contributed by atoms with van der Waals surface area (Å²) in [5.41, 5.74) is 6.94. The van der Waals surface area contributed by atoms with Crippen molar-refractivity contribution >= 4 is 60.7 Å². The van der Waals surface area contributed by atoms with Gasteiger partial charge in [0.1, 0.15) is 41.0 Å². The first-order chi connectivity index (χ1) is 23.1. The lowest BCUT2D eigenvalue weighted by Gasteiger charge is -2.34. The van der Waals surface area contributed by atoms with Crippen molar-refractivity contribution in [3.8, 4) is 23.3 Å². The zero-order valence-electron chi connectivity index (χ0n) is 26.7. The summed E-state index contributed by atoms with van der Waals surface area (Å²) in [7, 11) is 1.92. The second kappa shape index (κ2) is 12.4. The number of nitrogens with two attached hydrogens (primary N) is 1. The number of likely N-dealkylation sites (tertiary alicyclic amines) is 1. The van der Waals surface area contributed by atoms with Crippen molar-refractivity contribution in [2.45, 2.75) is 62.8 Å². The predicted molar refractivity (Wildman–Crippen MR) is 184 cm³/mol. The van der Waals surface area contributed by atoms with Crippen LogP contribution in [-0.2, 0) is 4.79 Å². The number of carbonyl (C=O) groups is 1. The summed E-state index contributed by atoms with van der Waals surface area (Å²) < 4.78 is 36.0. The fourth-order valence-electron chi connectivity index (χ4n) is 8.02. The molecule has 0 aliphatic carbocycles. The van der Waals surface area contributed by atoms with Crippen molar-refractivity contribution in [3.05, 3.63) is 47.4 Å². The normalized spacial score (nSPS) is 23.9. The van der Waals surface area contributed by atoms with Gasteiger partial charge in [-0.3, -0.25) is 14.7 Å². The van der Waals surface area contributed by atoms with Crippen LogP contribution in [-0.4, -0.2) is 87.7 Å². The quantitative estimate of drug-likeness (QED) is 0.218. The number of anilines is 2. The van der Waals surface area contributed by atoms with E-state index in [1.165, 1.54) is 18.2 Å². The number of halogens is 3. The largest absolute Gasteiger partial charge is 0.461 e. The van der Waals surface area contributed by atoms with E-state index in [1.807, 2.05) is 23.8 Å². The first-order valence-corrected chi connectivity index (χ1v) is 17.2. The van der Waals surface area contributed by atoms with Gasteiger partial charge in [0.2, 0.25) is 5.91 Å². The molecule has 6 heterocycles. The van der Waals surface area contributed by atoms with E-state index in [4.69, 9.17) is 37.0 Å². The Hall–Kier alpha value is -4.12. The highest BCUT2D eigenvalue weighted by Crippen LogP contribution is 2.45. The number of amides is 1. The Balaban J connectivity index is 1.36. The molecule has 14 heteroatoms. The van der Waals surface area contributed by atoms with Gasteiger partial charge in [-0.05, 0) is 50.4 Å². The van der Waals surface area contributed by atoms with Crippen LogP contribution < -0.4 is 15.4 Å². The molecule has 1 amide bonds. The van der Waals surface area contributed by atoms with Gasteiger partial charge in [0, 0.05) is 43.7 Å². The number of nitriles is 1. The number of pyridine rings is 1. The van der Waals surface area contributed by atoms with E-state index < -0.39 is 17.5 Å². The molecular weight excluding hydrogens is 658 g/mol. The summed E-state index contributed by atoms with van der Waals surface area (Å²) >= 11 is 8.14. The predicted octanol–water partition coefficient (Wildman–Crippen LogP) is 6.11. The highest BCUT2D eigenvalue weighted by Gasteiger charge is 2.49. The van der Waals surface area contributed by atoms with Gasteiger partial charge < -0.3 is 20.3 Å². The molecule has 0 bridgehead atoms. The Labute approximate surface area is 285 Å². The number of ether oxygens (including phenoxy) is 1. The molecule has 0 spiro atoms. The molecule has 4 aromatic rings. The number of benzene rings is 1. The molecule has 3 fully saturated rings. The van der Waals surface area contributed by atoms with Crippen molar-refractivity contribution in [2.24, 2.45) is 0 Å². The van der Waals surface area contributed by atoms with Crippen LogP contribution >= 0.6 is 22.9 Å². The number of carbonyl (C=O) groups excluding carboxylic acids is 1. The maximum absolute atomic E-state index is 14.9. The molecule has 3 saturated heterocycles. The third-order valence-electron chi connectivity index (χ3n) is 10.3. The second-order valence-electron chi connectivity index (χ2n) is 12.8. The summed E-state index contributed by atoms with van der Waals surface area (Å²) in [5.74, 6) is -0.104. The molecule has 250 valence electrons. The molecule has 4 atom stereocenters. The number of hydrogen-bond donors (Lipinski definition) is 1. The highest BCUT2D eigenvalue weighted by molar-refractivity contribution is 7.23. The van der Waals surface area contributed by atoms with Gasteiger partial charge in [-0.2, -0.15) is 15.2 Å². The van der Waals surface area contributed by atoms with E-state index in [9.17, 15) is 18.8 Å². The number of thiophene rings is 1. The van der Waals surface area contributed by atoms with Crippen LogP contribution in [0.5, 0.6) is 6.01 Å². The summed E-state index contributed by atoms with van der Waals surface area (Å²) in [4.78, 5) is 33.1. The Morgan fingerprint density at radius 2 is 2.19 bits per heavy atom. The van der Waals surface area contributed by atoms with Crippen molar-refractivity contribution in [2.75, 3.05) is 43.9 Å². The van der Waals surface area contributed by atoms with Crippen LogP contribution in [0.25, 0.3) is 32.2 Å². The topological polar surface area (TPSA) is 125 Å². The van der Waals surface area contributed by atoms with Gasteiger partial charge in [-0.15, -0.1) is 11.3 Å². The molecule has 3 aliphatic rings. The molecule has 1 aromatic carbocycles. The Morgan fingerprint density at radius 1 is 1.38 bits per heavy atom. The summed E-state index contributed by atoms with van der Waals surface area (Å²) in [5, 5.41) is 11.1. The minimum Gasteiger partial charge on any atom is -0.461 e. The number of rotatable bonds is 8. The minimum atomic E-state index is -0.914. The van der Waals surface area contributed by atoms with E-state index >= 15 is 0 Å². The molecule has 7 rings (SSSR count). The molecule has 2 N–H and O–H groups in total. The van der Waals surface area contributed by atoms with Crippen molar-refractivity contribution < 1.29 is 18.3 Å².